The molecule has 29 heavy (non-hydrogen) atoms. The third-order valence-corrected chi connectivity index (χ3v) is 5.46. The lowest BCUT2D eigenvalue weighted by Gasteiger charge is -2.22. The number of amides is 1. The fourth-order valence-electron chi connectivity index (χ4n) is 3.79. The van der Waals surface area contributed by atoms with E-state index in [2.05, 4.69) is 10.1 Å². The summed E-state index contributed by atoms with van der Waals surface area (Å²) < 4.78 is 11.3. The highest BCUT2D eigenvalue weighted by Crippen LogP contribution is 2.40. The molecule has 2 aliphatic heterocycles. The smallest absolute Gasteiger partial charge is 0.240 e. The summed E-state index contributed by atoms with van der Waals surface area (Å²) in [5.41, 5.74) is 3.33. The average Bonchev–Trinajstić information content (AvgIpc) is 3.18. The molecule has 7 heteroatoms. The second-order valence-electron chi connectivity index (χ2n) is 7.05. The Labute approximate surface area is 172 Å². The van der Waals surface area contributed by atoms with Crippen molar-refractivity contribution in [1.82, 2.24) is 9.99 Å². The summed E-state index contributed by atoms with van der Waals surface area (Å²) in [5.74, 6) is 1.22. The molecule has 0 radical (unpaired) electrons. The molecule has 1 amide bonds. The first-order valence-electron chi connectivity index (χ1n) is 9.42. The molecule has 1 atom stereocenters. The van der Waals surface area contributed by atoms with E-state index in [1.54, 1.807) is 0 Å². The monoisotopic (exact) mass is 407 g/mol. The van der Waals surface area contributed by atoms with Crippen LogP contribution < -0.4 is 9.47 Å². The van der Waals surface area contributed by atoms with Crippen LogP contribution in [0.5, 0.6) is 11.5 Å². The molecule has 1 unspecified atom stereocenters. The molecule has 0 bridgehead atoms. The van der Waals surface area contributed by atoms with Crippen molar-refractivity contribution in [2.75, 3.05) is 13.2 Å². The number of pyridine rings is 1. The van der Waals surface area contributed by atoms with E-state index in [0.717, 1.165) is 27.7 Å². The second-order valence-corrected chi connectivity index (χ2v) is 7.41. The summed E-state index contributed by atoms with van der Waals surface area (Å²) in [7, 11) is 0. The van der Waals surface area contributed by atoms with Gasteiger partial charge in [0.1, 0.15) is 18.4 Å². The third kappa shape index (κ3) is 3.19. The highest BCUT2D eigenvalue weighted by molar-refractivity contribution is 6.30. The van der Waals surface area contributed by atoms with E-state index in [-0.39, 0.29) is 11.9 Å². The molecule has 0 saturated carbocycles. The van der Waals surface area contributed by atoms with Gasteiger partial charge in [0.2, 0.25) is 5.91 Å². The van der Waals surface area contributed by atoms with Gasteiger partial charge in [-0.2, -0.15) is 5.10 Å². The zero-order chi connectivity index (χ0) is 20.0. The molecule has 146 valence electrons. The maximum atomic E-state index is 12.3. The molecule has 3 heterocycles. The summed E-state index contributed by atoms with van der Waals surface area (Å²) in [6.45, 7) is 2.54. The second kappa shape index (κ2) is 7.04. The number of ether oxygens (including phenoxy) is 2. The Morgan fingerprint density at radius 3 is 2.55 bits per heavy atom. The van der Waals surface area contributed by atoms with Crippen LogP contribution in [0.3, 0.4) is 0 Å². The number of rotatable bonds is 2. The van der Waals surface area contributed by atoms with E-state index in [9.17, 15) is 4.79 Å². The number of hydrogen-bond acceptors (Lipinski definition) is 5. The standard InChI is InChI=1S/C22H18ClN3O3/c1-13(27)26-19(11-18(25-26)14-5-3-2-4-6-14)16-9-15-10-20-21(29-8-7-28-20)12-17(15)24-22(16)23/h2-6,9-10,12,19H,7-8,11H2,1H3. The fraction of sp³-hybridized carbons (Fsp3) is 0.227. The predicted octanol–water partition coefficient (Wildman–Crippen LogP) is 4.36. The molecule has 5 rings (SSSR count). The van der Waals surface area contributed by atoms with Crippen molar-refractivity contribution < 1.29 is 14.3 Å². The van der Waals surface area contributed by atoms with Crippen molar-refractivity contribution in [2.24, 2.45) is 5.10 Å². The Bertz CT molecular complexity index is 1150. The minimum atomic E-state index is -0.305. The van der Waals surface area contributed by atoms with Gasteiger partial charge in [0.15, 0.2) is 11.5 Å². The quantitative estimate of drug-likeness (QED) is 0.592. The van der Waals surface area contributed by atoms with Crippen molar-refractivity contribution in [1.29, 1.82) is 0 Å². The van der Waals surface area contributed by atoms with Gasteiger partial charge < -0.3 is 9.47 Å². The Morgan fingerprint density at radius 1 is 1.10 bits per heavy atom. The van der Waals surface area contributed by atoms with Gasteiger partial charge in [-0.05, 0) is 17.7 Å². The van der Waals surface area contributed by atoms with E-state index < -0.39 is 0 Å². The number of hydrazone groups is 1. The number of aromatic nitrogens is 1. The molecule has 2 aromatic carbocycles. The number of benzene rings is 2. The summed E-state index contributed by atoms with van der Waals surface area (Å²) in [6, 6.07) is 15.2. The van der Waals surface area contributed by atoms with E-state index >= 15 is 0 Å². The van der Waals surface area contributed by atoms with E-state index in [1.165, 1.54) is 11.9 Å². The maximum Gasteiger partial charge on any atom is 0.240 e. The number of hydrogen-bond donors (Lipinski definition) is 0. The lowest BCUT2D eigenvalue weighted by Crippen LogP contribution is -2.24. The van der Waals surface area contributed by atoms with Crippen LogP contribution in [0.15, 0.2) is 53.6 Å². The van der Waals surface area contributed by atoms with Gasteiger partial charge in [-0.3, -0.25) is 4.79 Å². The highest BCUT2D eigenvalue weighted by atomic mass is 35.5. The van der Waals surface area contributed by atoms with Crippen molar-refractivity contribution in [3.8, 4) is 11.5 Å². The molecule has 0 aliphatic carbocycles. The number of nitrogens with zero attached hydrogens (tertiary/aromatic N) is 3. The van der Waals surface area contributed by atoms with Crippen molar-refractivity contribution in [3.05, 3.63) is 64.8 Å². The molecule has 2 aliphatic rings. The van der Waals surface area contributed by atoms with E-state index in [1.807, 2.05) is 48.5 Å². The molecular formula is C22H18ClN3O3. The van der Waals surface area contributed by atoms with Crippen LogP contribution in [0.4, 0.5) is 0 Å². The lowest BCUT2D eigenvalue weighted by atomic mass is 9.98. The van der Waals surface area contributed by atoms with Crippen LogP contribution >= 0.6 is 11.6 Å². The Kier molecular flexibility index (Phi) is 4.36. The first-order valence-corrected chi connectivity index (χ1v) is 9.80. The van der Waals surface area contributed by atoms with Gasteiger partial charge in [0.05, 0.1) is 17.3 Å². The molecule has 1 aromatic heterocycles. The SMILES string of the molecule is CC(=O)N1N=C(c2ccccc2)CC1c1cc2cc3c(cc2nc1Cl)OCCO3. The van der Waals surface area contributed by atoms with Crippen LogP contribution in [-0.4, -0.2) is 34.8 Å². The number of carbonyl (C=O) groups excluding carboxylic acids is 1. The first kappa shape index (κ1) is 17.9. The summed E-state index contributed by atoms with van der Waals surface area (Å²) >= 11 is 6.56. The van der Waals surface area contributed by atoms with Crippen molar-refractivity contribution >= 4 is 34.1 Å². The zero-order valence-electron chi connectivity index (χ0n) is 15.8. The van der Waals surface area contributed by atoms with Gasteiger partial charge >= 0.3 is 0 Å². The first-order chi connectivity index (χ1) is 14.1. The lowest BCUT2D eigenvalue weighted by molar-refractivity contribution is -0.130. The maximum absolute atomic E-state index is 12.3. The Balaban J connectivity index is 1.57. The normalized spacial score (nSPS) is 18.1. The van der Waals surface area contributed by atoms with Crippen molar-refractivity contribution in [2.45, 2.75) is 19.4 Å². The number of carbonyl (C=O) groups is 1. The van der Waals surface area contributed by atoms with Crippen LogP contribution in [0.1, 0.15) is 30.5 Å². The Morgan fingerprint density at radius 2 is 1.83 bits per heavy atom. The van der Waals surface area contributed by atoms with Crippen LogP contribution in [0, 0.1) is 0 Å². The van der Waals surface area contributed by atoms with Gasteiger partial charge in [-0.15, -0.1) is 0 Å². The zero-order valence-corrected chi connectivity index (χ0v) is 16.5. The minimum absolute atomic E-state index is 0.140. The molecule has 0 fully saturated rings. The Hall–Kier alpha value is -3.12. The van der Waals surface area contributed by atoms with E-state index in [4.69, 9.17) is 21.1 Å². The summed E-state index contributed by atoms with van der Waals surface area (Å²) in [6.07, 6.45) is 0.570. The molecule has 0 N–H and O–H groups in total. The van der Waals surface area contributed by atoms with Gasteiger partial charge in [0, 0.05) is 30.4 Å². The van der Waals surface area contributed by atoms with Gasteiger partial charge in [0.25, 0.3) is 0 Å². The fourth-order valence-corrected chi connectivity index (χ4v) is 4.06. The number of halogens is 1. The molecular weight excluding hydrogens is 390 g/mol. The summed E-state index contributed by atoms with van der Waals surface area (Å²) in [5, 5.41) is 7.31. The largest absolute Gasteiger partial charge is 0.486 e. The topological polar surface area (TPSA) is 64.0 Å². The van der Waals surface area contributed by atoms with Crippen LogP contribution in [0.2, 0.25) is 5.15 Å². The van der Waals surface area contributed by atoms with Crippen LogP contribution in [0.25, 0.3) is 10.9 Å². The molecule has 0 saturated heterocycles. The van der Waals surface area contributed by atoms with Crippen molar-refractivity contribution in [3.63, 3.8) is 0 Å². The third-order valence-electron chi connectivity index (χ3n) is 5.16. The molecule has 0 spiro atoms. The summed E-state index contributed by atoms with van der Waals surface area (Å²) in [4.78, 5) is 16.9. The number of fused-ring (bicyclic) bond motifs is 2. The van der Waals surface area contributed by atoms with E-state index in [0.29, 0.717) is 36.3 Å². The molecule has 3 aromatic rings. The average molecular weight is 408 g/mol. The highest BCUT2D eigenvalue weighted by Gasteiger charge is 2.33. The van der Waals surface area contributed by atoms with Crippen LogP contribution in [-0.2, 0) is 4.79 Å². The van der Waals surface area contributed by atoms with Gasteiger partial charge in [-0.1, -0.05) is 41.9 Å². The molecule has 6 nitrogen and oxygen atoms in total. The predicted molar refractivity (Wildman–Crippen MR) is 111 cm³/mol. The minimum Gasteiger partial charge on any atom is -0.486 e. The van der Waals surface area contributed by atoms with Gasteiger partial charge in [-0.25, -0.2) is 9.99 Å².